The number of fused-ring (bicyclic) bond motifs is 3. The number of rotatable bonds is 2. The van der Waals surface area contributed by atoms with Gasteiger partial charge in [0.05, 0.1) is 0 Å². The molecule has 0 amide bonds. The first-order valence-electron chi connectivity index (χ1n) is 4.84. The van der Waals surface area contributed by atoms with Crippen LogP contribution in [-0.4, -0.2) is 35.9 Å². The van der Waals surface area contributed by atoms with Crippen molar-refractivity contribution in [1.29, 1.82) is 0 Å². The first-order chi connectivity index (χ1) is 7.75. The molecule has 16 heavy (non-hydrogen) atoms. The standard InChI is InChI=1S/C8H9N7O/c1-4(2)10-5-7-12-9-3-15(7)8-6(11-5)13-16-14-8/h3-4H,1-2H3,(H,10,11,13). The molecule has 8 nitrogen and oxygen atoms in total. The highest BCUT2D eigenvalue weighted by Crippen LogP contribution is 2.17. The van der Waals surface area contributed by atoms with Crippen LogP contribution < -0.4 is 5.32 Å². The van der Waals surface area contributed by atoms with Crippen molar-refractivity contribution in [2.45, 2.75) is 19.9 Å². The van der Waals surface area contributed by atoms with E-state index >= 15 is 0 Å². The summed E-state index contributed by atoms with van der Waals surface area (Å²) in [7, 11) is 0. The SMILES string of the molecule is CC(C)Nc1nc2nonc2n2cnnc12. The van der Waals surface area contributed by atoms with Crippen molar-refractivity contribution in [1.82, 2.24) is 29.9 Å². The normalized spacial score (nSPS) is 11.7. The Morgan fingerprint density at radius 3 is 3.00 bits per heavy atom. The van der Waals surface area contributed by atoms with E-state index in [0.29, 0.717) is 22.8 Å². The van der Waals surface area contributed by atoms with Gasteiger partial charge in [0.1, 0.15) is 6.33 Å². The zero-order valence-corrected chi connectivity index (χ0v) is 8.75. The third kappa shape index (κ3) is 1.19. The second kappa shape index (κ2) is 3.12. The molecule has 8 heteroatoms. The maximum absolute atomic E-state index is 4.64. The summed E-state index contributed by atoms with van der Waals surface area (Å²) in [5.74, 6) is 0.621. The zero-order valence-electron chi connectivity index (χ0n) is 8.75. The molecule has 0 aliphatic rings. The summed E-state index contributed by atoms with van der Waals surface area (Å²) >= 11 is 0. The average Bonchev–Trinajstić information content (AvgIpc) is 2.82. The number of anilines is 1. The van der Waals surface area contributed by atoms with Crippen molar-refractivity contribution in [2.75, 3.05) is 5.32 Å². The molecular weight excluding hydrogens is 210 g/mol. The van der Waals surface area contributed by atoms with Crippen molar-refractivity contribution in [3.8, 4) is 0 Å². The van der Waals surface area contributed by atoms with Gasteiger partial charge in [0.2, 0.25) is 16.9 Å². The van der Waals surface area contributed by atoms with Crippen molar-refractivity contribution < 1.29 is 4.63 Å². The van der Waals surface area contributed by atoms with E-state index < -0.39 is 0 Å². The molecule has 0 unspecified atom stereocenters. The van der Waals surface area contributed by atoms with Crippen LogP contribution in [0.3, 0.4) is 0 Å². The van der Waals surface area contributed by atoms with Crippen molar-refractivity contribution in [3.05, 3.63) is 6.33 Å². The van der Waals surface area contributed by atoms with Gasteiger partial charge in [-0.3, -0.25) is 4.40 Å². The molecule has 0 spiro atoms. The minimum Gasteiger partial charge on any atom is -0.365 e. The Morgan fingerprint density at radius 1 is 1.31 bits per heavy atom. The molecule has 0 aromatic carbocycles. The van der Waals surface area contributed by atoms with E-state index in [9.17, 15) is 0 Å². The van der Waals surface area contributed by atoms with Crippen LogP contribution in [0.5, 0.6) is 0 Å². The monoisotopic (exact) mass is 219 g/mol. The first-order valence-corrected chi connectivity index (χ1v) is 4.84. The van der Waals surface area contributed by atoms with Gasteiger partial charge in [0, 0.05) is 6.04 Å². The highest BCUT2D eigenvalue weighted by Gasteiger charge is 2.14. The molecule has 3 aromatic heterocycles. The van der Waals surface area contributed by atoms with E-state index in [0.717, 1.165) is 0 Å². The molecule has 0 bridgehead atoms. The van der Waals surface area contributed by atoms with Gasteiger partial charge in [0.25, 0.3) is 0 Å². The largest absolute Gasteiger partial charge is 0.365 e. The molecule has 3 heterocycles. The van der Waals surface area contributed by atoms with E-state index in [-0.39, 0.29) is 6.04 Å². The number of nitrogens with zero attached hydrogens (tertiary/aromatic N) is 6. The van der Waals surface area contributed by atoms with Crippen LogP contribution in [0, 0.1) is 0 Å². The van der Waals surface area contributed by atoms with Gasteiger partial charge in [-0.2, -0.15) is 0 Å². The summed E-state index contributed by atoms with van der Waals surface area (Å²) < 4.78 is 6.32. The van der Waals surface area contributed by atoms with E-state index in [4.69, 9.17) is 0 Å². The number of hydrogen-bond acceptors (Lipinski definition) is 7. The Bertz CT molecular complexity index is 640. The topological polar surface area (TPSA) is 94.0 Å². The molecule has 0 saturated heterocycles. The molecule has 3 rings (SSSR count). The maximum atomic E-state index is 4.64. The summed E-state index contributed by atoms with van der Waals surface area (Å²) in [6.07, 6.45) is 1.55. The molecule has 82 valence electrons. The molecule has 1 N–H and O–H groups in total. The van der Waals surface area contributed by atoms with Crippen molar-refractivity contribution >= 4 is 22.8 Å². The van der Waals surface area contributed by atoms with E-state index in [1.165, 1.54) is 0 Å². The van der Waals surface area contributed by atoms with E-state index in [1.807, 2.05) is 13.8 Å². The third-order valence-electron chi connectivity index (χ3n) is 2.09. The Kier molecular flexibility index (Phi) is 1.76. The lowest BCUT2D eigenvalue weighted by Gasteiger charge is -2.08. The molecule has 0 atom stereocenters. The third-order valence-corrected chi connectivity index (χ3v) is 2.09. The minimum absolute atomic E-state index is 0.241. The molecule has 0 aliphatic heterocycles. The number of hydrogen-bond donors (Lipinski definition) is 1. The fourth-order valence-corrected chi connectivity index (χ4v) is 1.48. The van der Waals surface area contributed by atoms with Crippen molar-refractivity contribution in [2.24, 2.45) is 0 Å². The van der Waals surface area contributed by atoms with Gasteiger partial charge in [-0.05, 0) is 24.2 Å². The van der Waals surface area contributed by atoms with Gasteiger partial charge in [-0.15, -0.1) is 10.2 Å². The number of aromatic nitrogens is 6. The maximum Gasteiger partial charge on any atom is 0.244 e. The highest BCUT2D eigenvalue weighted by atomic mass is 16.6. The summed E-state index contributed by atoms with van der Waals surface area (Å²) in [4.78, 5) is 4.27. The Morgan fingerprint density at radius 2 is 2.19 bits per heavy atom. The second-order valence-corrected chi connectivity index (χ2v) is 3.70. The molecule has 0 fully saturated rings. The quantitative estimate of drug-likeness (QED) is 0.669. The fourth-order valence-electron chi connectivity index (χ4n) is 1.48. The van der Waals surface area contributed by atoms with Crippen LogP contribution >= 0.6 is 0 Å². The first kappa shape index (κ1) is 9.01. The highest BCUT2D eigenvalue weighted by molar-refractivity contribution is 5.76. The van der Waals surface area contributed by atoms with Gasteiger partial charge in [-0.25, -0.2) is 9.61 Å². The van der Waals surface area contributed by atoms with E-state index in [2.05, 4.69) is 35.4 Å². The molecule has 0 radical (unpaired) electrons. The Labute approximate surface area is 89.6 Å². The van der Waals surface area contributed by atoms with Crippen LogP contribution in [0.15, 0.2) is 11.0 Å². The lowest BCUT2D eigenvalue weighted by molar-refractivity contribution is 0.314. The van der Waals surface area contributed by atoms with E-state index in [1.54, 1.807) is 10.7 Å². The van der Waals surface area contributed by atoms with Gasteiger partial charge < -0.3 is 5.32 Å². The molecule has 0 aliphatic carbocycles. The minimum atomic E-state index is 0.241. The number of nitrogens with one attached hydrogen (secondary N) is 1. The second-order valence-electron chi connectivity index (χ2n) is 3.70. The van der Waals surface area contributed by atoms with Crippen LogP contribution in [0.4, 0.5) is 5.82 Å². The predicted molar refractivity (Wildman–Crippen MR) is 54.9 cm³/mol. The van der Waals surface area contributed by atoms with Gasteiger partial charge in [0.15, 0.2) is 5.82 Å². The lowest BCUT2D eigenvalue weighted by Crippen LogP contribution is -2.12. The summed E-state index contributed by atoms with van der Waals surface area (Å²) in [6, 6.07) is 0.241. The Balaban J connectivity index is 2.34. The van der Waals surface area contributed by atoms with Crippen LogP contribution in [0.25, 0.3) is 16.9 Å². The average molecular weight is 219 g/mol. The van der Waals surface area contributed by atoms with Crippen LogP contribution in [0.1, 0.15) is 13.8 Å². The zero-order chi connectivity index (χ0) is 11.1. The van der Waals surface area contributed by atoms with Gasteiger partial charge >= 0.3 is 0 Å². The van der Waals surface area contributed by atoms with Crippen LogP contribution in [-0.2, 0) is 0 Å². The van der Waals surface area contributed by atoms with Crippen molar-refractivity contribution in [3.63, 3.8) is 0 Å². The molecule has 0 saturated carbocycles. The fraction of sp³-hybridized carbons (Fsp3) is 0.375. The summed E-state index contributed by atoms with van der Waals surface area (Å²) in [5, 5.41) is 18.4. The smallest absolute Gasteiger partial charge is 0.244 e. The predicted octanol–water partition coefficient (Wildman–Crippen LogP) is 0.481. The summed E-state index contributed by atoms with van der Waals surface area (Å²) in [5.41, 5.74) is 1.54. The molecule has 3 aromatic rings. The van der Waals surface area contributed by atoms with Gasteiger partial charge in [-0.1, -0.05) is 0 Å². The van der Waals surface area contributed by atoms with Crippen LogP contribution in [0.2, 0.25) is 0 Å². The Hall–Kier alpha value is -2.25. The lowest BCUT2D eigenvalue weighted by atomic mass is 10.4. The summed E-state index contributed by atoms with van der Waals surface area (Å²) in [6.45, 7) is 4.03. The molecular formula is C8H9N7O.